The first-order valence-corrected chi connectivity index (χ1v) is 5.74. The van der Waals surface area contributed by atoms with Crippen LogP contribution in [0, 0.1) is 0 Å². The van der Waals surface area contributed by atoms with Crippen LogP contribution in [0.4, 0.5) is 5.13 Å². The summed E-state index contributed by atoms with van der Waals surface area (Å²) in [4.78, 5) is 6.57. The minimum atomic E-state index is 0.166. The quantitative estimate of drug-likeness (QED) is 0.723. The summed E-state index contributed by atoms with van der Waals surface area (Å²) in [7, 11) is 2.02. The Morgan fingerprint density at radius 3 is 2.85 bits per heavy atom. The largest absolute Gasteiger partial charge is 0.350 e. The molecule has 1 rings (SSSR count). The summed E-state index contributed by atoms with van der Waals surface area (Å²) in [5, 5.41) is 3.33. The molecule has 4 heteroatoms. The molecule has 1 unspecified atom stereocenters. The second-order valence-corrected chi connectivity index (χ2v) is 4.72. The molecule has 2 nitrogen and oxygen atoms in total. The van der Waals surface area contributed by atoms with Crippen LogP contribution >= 0.6 is 22.9 Å². The van der Waals surface area contributed by atoms with Crippen LogP contribution in [0.1, 0.15) is 19.5 Å². The number of hydrogen-bond donors (Lipinski definition) is 0. The Morgan fingerprint density at radius 1 is 1.69 bits per heavy atom. The van der Waals surface area contributed by atoms with E-state index < -0.39 is 0 Å². The third kappa shape index (κ3) is 3.16. The minimum absolute atomic E-state index is 0.166. The van der Waals surface area contributed by atoms with Gasteiger partial charge in [0.05, 0.1) is 5.69 Å². The molecule has 0 bridgehead atoms. The van der Waals surface area contributed by atoms with Crippen molar-refractivity contribution < 1.29 is 0 Å². The number of halogens is 1. The van der Waals surface area contributed by atoms with Crippen molar-refractivity contribution in [3.63, 3.8) is 0 Å². The fourth-order valence-corrected chi connectivity index (χ4v) is 2.18. The molecule has 0 radical (unpaired) electrons. The Balaban J connectivity index is 2.60. The first kappa shape index (κ1) is 10.8. The molecule has 0 spiro atoms. The molecule has 0 saturated carbocycles. The molecule has 13 heavy (non-hydrogen) atoms. The zero-order valence-electron chi connectivity index (χ0n) is 8.25. The lowest BCUT2D eigenvalue weighted by molar-refractivity contribution is 0.850. The van der Waals surface area contributed by atoms with Crippen molar-refractivity contribution in [2.45, 2.75) is 25.6 Å². The SMILES string of the molecule is CCc1csc(N(C)CC(C)Cl)n1. The van der Waals surface area contributed by atoms with Crippen LogP contribution in [0.2, 0.25) is 0 Å². The maximum atomic E-state index is 5.90. The van der Waals surface area contributed by atoms with Crippen LogP contribution in [0.5, 0.6) is 0 Å². The fourth-order valence-electron chi connectivity index (χ4n) is 1.09. The minimum Gasteiger partial charge on any atom is -0.350 e. The van der Waals surface area contributed by atoms with Crippen LogP contribution in [0.25, 0.3) is 0 Å². The molecule has 1 aromatic heterocycles. The third-order valence-electron chi connectivity index (χ3n) is 1.75. The van der Waals surface area contributed by atoms with Crippen molar-refractivity contribution in [1.82, 2.24) is 4.98 Å². The van der Waals surface area contributed by atoms with E-state index in [4.69, 9.17) is 11.6 Å². The van der Waals surface area contributed by atoms with E-state index in [1.54, 1.807) is 11.3 Å². The van der Waals surface area contributed by atoms with Crippen molar-refractivity contribution in [3.8, 4) is 0 Å². The van der Waals surface area contributed by atoms with Crippen molar-refractivity contribution in [3.05, 3.63) is 11.1 Å². The highest BCUT2D eigenvalue weighted by atomic mass is 35.5. The predicted octanol–water partition coefficient (Wildman–Crippen LogP) is 2.77. The van der Waals surface area contributed by atoms with Gasteiger partial charge in [0, 0.05) is 24.3 Å². The van der Waals surface area contributed by atoms with E-state index in [1.807, 2.05) is 14.0 Å². The predicted molar refractivity (Wildman–Crippen MR) is 60.1 cm³/mol. The zero-order chi connectivity index (χ0) is 9.84. The average Bonchev–Trinajstić information content (AvgIpc) is 2.50. The zero-order valence-corrected chi connectivity index (χ0v) is 9.82. The summed E-state index contributed by atoms with van der Waals surface area (Å²) in [5.74, 6) is 0. The van der Waals surface area contributed by atoms with Crippen molar-refractivity contribution in [1.29, 1.82) is 0 Å². The summed E-state index contributed by atoms with van der Waals surface area (Å²) in [5.41, 5.74) is 1.16. The second kappa shape index (κ2) is 4.82. The number of aryl methyl sites for hydroxylation is 1. The number of alkyl halides is 1. The van der Waals surface area contributed by atoms with Gasteiger partial charge in [0.1, 0.15) is 0 Å². The van der Waals surface area contributed by atoms with Crippen LogP contribution in [0.15, 0.2) is 5.38 Å². The van der Waals surface area contributed by atoms with Gasteiger partial charge in [-0.15, -0.1) is 22.9 Å². The van der Waals surface area contributed by atoms with Gasteiger partial charge in [0.25, 0.3) is 0 Å². The molecule has 74 valence electrons. The van der Waals surface area contributed by atoms with Crippen molar-refractivity contribution in [2.24, 2.45) is 0 Å². The van der Waals surface area contributed by atoms with E-state index in [9.17, 15) is 0 Å². The molecule has 0 saturated heterocycles. The summed E-state index contributed by atoms with van der Waals surface area (Å²) >= 11 is 7.58. The standard InChI is InChI=1S/C9H15ClN2S/c1-4-8-6-13-9(11-8)12(3)5-7(2)10/h6-7H,4-5H2,1-3H3. The fraction of sp³-hybridized carbons (Fsp3) is 0.667. The molecular weight excluding hydrogens is 204 g/mol. The first-order chi connectivity index (χ1) is 6.13. The van der Waals surface area contributed by atoms with Crippen molar-refractivity contribution in [2.75, 3.05) is 18.5 Å². The van der Waals surface area contributed by atoms with E-state index in [2.05, 4.69) is 22.2 Å². The maximum absolute atomic E-state index is 5.90. The molecule has 1 atom stereocenters. The molecule has 0 N–H and O–H groups in total. The van der Waals surface area contributed by atoms with E-state index in [0.717, 1.165) is 23.8 Å². The molecule has 0 aliphatic rings. The molecule has 0 aliphatic carbocycles. The topological polar surface area (TPSA) is 16.1 Å². The molecule has 1 heterocycles. The van der Waals surface area contributed by atoms with Gasteiger partial charge in [0.2, 0.25) is 0 Å². The number of thiazole rings is 1. The Bertz CT molecular complexity index is 260. The normalized spacial score (nSPS) is 12.9. The van der Waals surface area contributed by atoms with E-state index in [1.165, 1.54) is 0 Å². The third-order valence-corrected chi connectivity index (χ3v) is 2.90. The van der Waals surface area contributed by atoms with Gasteiger partial charge in [-0.1, -0.05) is 6.92 Å². The molecule has 0 aliphatic heterocycles. The Morgan fingerprint density at radius 2 is 2.38 bits per heavy atom. The lowest BCUT2D eigenvalue weighted by atomic mass is 10.4. The van der Waals surface area contributed by atoms with Crippen molar-refractivity contribution >= 4 is 28.1 Å². The molecule has 1 aromatic rings. The Labute approximate surface area is 88.5 Å². The highest BCUT2D eigenvalue weighted by Gasteiger charge is 2.08. The van der Waals surface area contributed by atoms with Gasteiger partial charge < -0.3 is 4.90 Å². The van der Waals surface area contributed by atoms with Gasteiger partial charge in [-0.2, -0.15) is 0 Å². The van der Waals surface area contributed by atoms with E-state index >= 15 is 0 Å². The summed E-state index contributed by atoms with van der Waals surface area (Å²) in [6.07, 6.45) is 1.00. The number of rotatable bonds is 4. The number of anilines is 1. The average molecular weight is 219 g/mol. The van der Waals surface area contributed by atoms with Crippen LogP contribution in [0.3, 0.4) is 0 Å². The van der Waals surface area contributed by atoms with Crippen LogP contribution in [-0.4, -0.2) is 24.0 Å². The highest BCUT2D eigenvalue weighted by molar-refractivity contribution is 7.13. The van der Waals surface area contributed by atoms with Gasteiger partial charge in [-0.05, 0) is 13.3 Å². The van der Waals surface area contributed by atoms with Gasteiger partial charge >= 0.3 is 0 Å². The van der Waals surface area contributed by atoms with E-state index in [-0.39, 0.29) is 5.38 Å². The second-order valence-electron chi connectivity index (χ2n) is 3.14. The maximum Gasteiger partial charge on any atom is 0.185 e. The summed E-state index contributed by atoms with van der Waals surface area (Å²) < 4.78 is 0. The Kier molecular flexibility index (Phi) is 4.00. The molecule has 0 fully saturated rings. The lowest BCUT2D eigenvalue weighted by Crippen LogP contribution is -2.23. The molecule has 0 amide bonds. The van der Waals surface area contributed by atoms with Gasteiger partial charge in [-0.25, -0.2) is 4.98 Å². The number of aromatic nitrogens is 1. The smallest absolute Gasteiger partial charge is 0.185 e. The van der Waals surface area contributed by atoms with E-state index in [0.29, 0.717) is 0 Å². The Hall–Kier alpha value is -0.280. The van der Waals surface area contributed by atoms with Gasteiger partial charge in [-0.3, -0.25) is 0 Å². The van der Waals surface area contributed by atoms with Gasteiger partial charge in [0.15, 0.2) is 5.13 Å². The number of hydrogen-bond acceptors (Lipinski definition) is 3. The van der Waals surface area contributed by atoms with Crippen LogP contribution < -0.4 is 4.90 Å². The number of nitrogens with zero attached hydrogens (tertiary/aromatic N) is 2. The monoisotopic (exact) mass is 218 g/mol. The van der Waals surface area contributed by atoms with Crippen LogP contribution in [-0.2, 0) is 6.42 Å². The molecule has 0 aromatic carbocycles. The summed E-state index contributed by atoms with van der Waals surface area (Å²) in [6.45, 7) is 4.95. The molecular formula is C9H15ClN2S. The summed E-state index contributed by atoms with van der Waals surface area (Å²) in [6, 6.07) is 0. The lowest BCUT2D eigenvalue weighted by Gasteiger charge is -2.16. The highest BCUT2D eigenvalue weighted by Crippen LogP contribution is 2.20. The first-order valence-electron chi connectivity index (χ1n) is 4.43.